The van der Waals surface area contributed by atoms with Crippen molar-refractivity contribution >= 4 is 21.7 Å². The highest BCUT2D eigenvalue weighted by atomic mass is 79.9. The number of hydrogen-bond acceptors (Lipinski definition) is 2. The maximum Gasteiger partial charge on any atom is 0.193 e. The first kappa shape index (κ1) is 15.8. The Bertz CT molecular complexity index is 634. The fourth-order valence-electron chi connectivity index (χ4n) is 2.20. The molecule has 2 rings (SSSR count). The minimum atomic E-state index is 0.0322. The Morgan fingerprint density at radius 3 is 2.00 bits per heavy atom. The molecule has 0 aliphatic carbocycles. The number of hydrogen-bond donors (Lipinski definition) is 0. The third kappa shape index (κ3) is 3.73. The van der Waals surface area contributed by atoms with Gasteiger partial charge in [0.1, 0.15) is 5.75 Å². The van der Waals surface area contributed by atoms with Crippen LogP contribution in [-0.2, 0) is 0 Å². The quantitative estimate of drug-likeness (QED) is 0.721. The van der Waals surface area contributed by atoms with Gasteiger partial charge in [-0.2, -0.15) is 0 Å². The Kier molecular flexibility index (Phi) is 4.84. The number of ketones is 1. The third-order valence-electron chi connectivity index (χ3n) is 3.19. The highest BCUT2D eigenvalue weighted by molar-refractivity contribution is 9.10. The average Bonchev–Trinajstić information content (AvgIpc) is 2.43. The minimum Gasteiger partial charge on any atom is -0.491 e. The number of benzene rings is 2. The summed E-state index contributed by atoms with van der Waals surface area (Å²) in [4.78, 5) is 12.5. The summed E-state index contributed by atoms with van der Waals surface area (Å²) in [7, 11) is 0. The summed E-state index contributed by atoms with van der Waals surface area (Å²) in [6.07, 6.45) is 0.128. The van der Waals surface area contributed by atoms with E-state index < -0.39 is 0 Å². The predicted molar refractivity (Wildman–Crippen MR) is 89.3 cm³/mol. The Labute approximate surface area is 134 Å². The van der Waals surface area contributed by atoms with Crippen molar-refractivity contribution in [2.75, 3.05) is 0 Å². The molecule has 0 aromatic heterocycles. The summed E-state index contributed by atoms with van der Waals surface area (Å²) in [6, 6.07) is 11.1. The van der Waals surface area contributed by atoms with Crippen LogP contribution in [0.2, 0.25) is 0 Å². The molecule has 0 saturated heterocycles. The molecule has 21 heavy (non-hydrogen) atoms. The molecule has 0 fully saturated rings. The molecule has 3 heteroatoms. The molecule has 2 aromatic carbocycles. The van der Waals surface area contributed by atoms with Gasteiger partial charge in [0.25, 0.3) is 0 Å². The Balaban J connectivity index is 2.28. The zero-order valence-electron chi connectivity index (χ0n) is 12.7. The lowest BCUT2D eigenvalue weighted by atomic mass is 9.99. The predicted octanol–water partition coefficient (Wildman–Crippen LogP) is 5.08. The van der Waals surface area contributed by atoms with Gasteiger partial charge in [0.05, 0.1) is 6.10 Å². The fraction of sp³-hybridized carbons (Fsp3) is 0.278. The Hall–Kier alpha value is -1.61. The summed E-state index contributed by atoms with van der Waals surface area (Å²) < 4.78 is 6.65. The van der Waals surface area contributed by atoms with Crippen molar-refractivity contribution in [1.29, 1.82) is 0 Å². The van der Waals surface area contributed by atoms with Crippen molar-refractivity contribution in [1.82, 2.24) is 0 Å². The van der Waals surface area contributed by atoms with Crippen LogP contribution in [-0.4, -0.2) is 11.9 Å². The standard InChI is InChI=1S/C18H19BrO2/c1-11(2)21-16-7-5-14(6-8-16)18(20)15-9-12(3)17(19)13(4)10-15/h5-11H,1-4H3. The van der Waals surface area contributed by atoms with Crippen LogP contribution in [0.1, 0.15) is 40.9 Å². The van der Waals surface area contributed by atoms with Crippen molar-refractivity contribution in [3.8, 4) is 5.75 Å². The number of rotatable bonds is 4. The van der Waals surface area contributed by atoms with Gasteiger partial charge in [0.2, 0.25) is 0 Å². The molecule has 0 heterocycles. The van der Waals surface area contributed by atoms with Gasteiger partial charge in [0.15, 0.2) is 5.78 Å². The number of aryl methyl sites for hydroxylation is 2. The number of halogens is 1. The average molecular weight is 347 g/mol. The summed E-state index contributed by atoms with van der Waals surface area (Å²) in [5.74, 6) is 0.814. The lowest BCUT2D eigenvalue weighted by Gasteiger charge is -2.10. The van der Waals surface area contributed by atoms with E-state index in [1.54, 1.807) is 0 Å². The van der Waals surface area contributed by atoms with Crippen LogP contribution in [0.4, 0.5) is 0 Å². The molecule has 0 unspecified atom stereocenters. The van der Waals surface area contributed by atoms with E-state index in [1.807, 2.05) is 64.1 Å². The highest BCUT2D eigenvalue weighted by Gasteiger charge is 2.12. The van der Waals surface area contributed by atoms with Crippen molar-refractivity contribution in [3.63, 3.8) is 0 Å². The molecule has 2 aromatic rings. The lowest BCUT2D eigenvalue weighted by molar-refractivity contribution is 0.103. The van der Waals surface area contributed by atoms with Crippen molar-refractivity contribution in [2.45, 2.75) is 33.8 Å². The van der Waals surface area contributed by atoms with Crippen LogP contribution >= 0.6 is 15.9 Å². The maximum absolute atomic E-state index is 12.5. The number of carbonyl (C=O) groups is 1. The summed E-state index contributed by atoms with van der Waals surface area (Å²) in [6.45, 7) is 7.94. The van der Waals surface area contributed by atoms with Crippen LogP contribution < -0.4 is 4.74 Å². The second-order valence-electron chi connectivity index (χ2n) is 5.44. The van der Waals surface area contributed by atoms with E-state index in [2.05, 4.69) is 15.9 Å². The molecule has 0 spiro atoms. The molecule has 0 N–H and O–H groups in total. The van der Waals surface area contributed by atoms with Gasteiger partial charge in [-0.05, 0) is 75.2 Å². The largest absolute Gasteiger partial charge is 0.491 e. The first-order chi connectivity index (χ1) is 9.88. The van der Waals surface area contributed by atoms with E-state index in [0.717, 1.165) is 21.3 Å². The first-order valence-corrected chi connectivity index (χ1v) is 7.76. The maximum atomic E-state index is 12.5. The first-order valence-electron chi connectivity index (χ1n) is 6.96. The molecule has 0 amide bonds. The number of ether oxygens (including phenoxy) is 1. The molecule has 0 radical (unpaired) electrons. The van der Waals surface area contributed by atoms with Crippen LogP contribution in [0.15, 0.2) is 40.9 Å². The van der Waals surface area contributed by atoms with E-state index in [9.17, 15) is 4.79 Å². The zero-order chi connectivity index (χ0) is 15.6. The zero-order valence-corrected chi connectivity index (χ0v) is 14.3. The van der Waals surface area contributed by atoms with E-state index in [1.165, 1.54) is 0 Å². The van der Waals surface area contributed by atoms with Gasteiger partial charge in [-0.15, -0.1) is 0 Å². The van der Waals surface area contributed by atoms with Crippen molar-refractivity contribution in [3.05, 3.63) is 63.1 Å². The van der Waals surface area contributed by atoms with Gasteiger partial charge in [-0.3, -0.25) is 4.79 Å². The van der Waals surface area contributed by atoms with Gasteiger partial charge in [-0.1, -0.05) is 15.9 Å². The van der Waals surface area contributed by atoms with Gasteiger partial charge in [0, 0.05) is 15.6 Å². The van der Waals surface area contributed by atoms with Gasteiger partial charge < -0.3 is 4.74 Å². The van der Waals surface area contributed by atoms with Gasteiger partial charge >= 0.3 is 0 Å². The molecule has 2 nitrogen and oxygen atoms in total. The molecule has 110 valence electrons. The van der Waals surface area contributed by atoms with Gasteiger partial charge in [-0.25, -0.2) is 0 Å². The summed E-state index contributed by atoms with van der Waals surface area (Å²) in [5.41, 5.74) is 3.52. The molecule has 0 atom stereocenters. The molecular formula is C18H19BrO2. The second-order valence-corrected chi connectivity index (χ2v) is 6.24. The second kappa shape index (κ2) is 6.44. The van der Waals surface area contributed by atoms with E-state index >= 15 is 0 Å². The highest BCUT2D eigenvalue weighted by Crippen LogP contribution is 2.24. The lowest BCUT2D eigenvalue weighted by Crippen LogP contribution is -2.06. The number of carbonyl (C=O) groups excluding carboxylic acids is 1. The topological polar surface area (TPSA) is 26.3 Å². The fourth-order valence-corrected chi connectivity index (χ4v) is 2.43. The SMILES string of the molecule is Cc1cc(C(=O)c2ccc(OC(C)C)cc2)cc(C)c1Br. The monoisotopic (exact) mass is 346 g/mol. The minimum absolute atomic E-state index is 0.0322. The van der Waals surface area contributed by atoms with Crippen molar-refractivity contribution in [2.24, 2.45) is 0 Å². The summed E-state index contributed by atoms with van der Waals surface area (Å²) >= 11 is 3.52. The van der Waals surface area contributed by atoms with Crippen molar-refractivity contribution < 1.29 is 9.53 Å². The Morgan fingerprint density at radius 1 is 1.00 bits per heavy atom. The van der Waals surface area contributed by atoms with Crippen LogP contribution in [0.5, 0.6) is 5.75 Å². The normalized spacial score (nSPS) is 10.8. The summed E-state index contributed by atoms with van der Waals surface area (Å²) in [5, 5.41) is 0. The smallest absolute Gasteiger partial charge is 0.193 e. The van der Waals surface area contributed by atoms with E-state index in [0.29, 0.717) is 11.1 Å². The van der Waals surface area contributed by atoms with Crippen LogP contribution in [0.3, 0.4) is 0 Å². The van der Waals surface area contributed by atoms with E-state index in [-0.39, 0.29) is 11.9 Å². The Morgan fingerprint density at radius 2 is 1.52 bits per heavy atom. The van der Waals surface area contributed by atoms with Crippen LogP contribution in [0.25, 0.3) is 0 Å². The molecular weight excluding hydrogens is 328 g/mol. The third-order valence-corrected chi connectivity index (χ3v) is 4.44. The molecule has 0 aliphatic rings. The molecule has 0 aliphatic heterocycles. The molecule has 0 bridgehead atoms. The van der Waals surface area contributed by atoms with E-state index in [4.69, 9.17) is 4.74 Å². The van der Waals surface area contributed by atoms with Crippen LogP contribution in [0, 0.1) is 13.8 Å². The molecule has 0 saturated carbocycles.